The molecule has 0 spiro atoms. The maximum atomic E-state index is 5.62. The monoisotopic (exact) mass is 246 g/mol. The van der Waals surface area contributed by atoms with Crippen molar-refractivity contribution in [2.75, 3.05) is 0 Å². The number of benzene rings is 2. The van der Waals surface area contributed by atoms with Crippen molar-refractivity contribution >= 4 is 5.57 Å². The molecule has 0 atom stereocenters. The smallest absolute Gasteiger partial charge is 0.0301 e. The van der Waals surface area contributed by atoms with Gasteiger partial charge in [0.2, 0.25) is 0 Å². The standard InChI is InChI=1S/C19H18/c1-5-18(14(2)3)16-10-8-11-17(13-16)19-12-7-6-9-15(19)4/h1,6-13H,2-4H3. The minimum atomic E-state index is 0.982. The molecule has 2 aromatic carbocycles. The van der Waals surface area contributed by atoms with Crippen molar-refractivity contribution in [1.29, 1.82) is 0 Å². The van der Waals surface area contributed by atoms with Crippen molar-refractivity contribution in [3.63, 3.8) is 0 Å². The van der Waals surface area contributed by atoms with E-state index in [-0.39, 0.29) is 0 Å². The van der Waals surface area contributed by atoms with Crippen molar-refractivity contribution in [2.45, 2.75) is 20.8 Å². The highest BCUT2D eigenvalue weighted by atomic mass is 14.1. The van der Waals surface area contributed by atoms with E-state index in [9.17, 15) is 0 Å². The molecular formula is C19H18. The lowest BCUT2D eigenvalue weighted by Crippen LogP contribution is -1.87. The van der Waals surface area contributed by atoms with Crippen LogP contribution in [0.2, 0.25) is 0 Å². The van der Waals surface area contributed by atoms with E-state index in [0.29, 0.717) is 0 Å². The molecule has 0 heteroatoms. The summed E-state index contributed by atoms with van der Waals surface area (Å²) >= 11 is 0. The van der Waals surface area contributed by atoms with Crippen LogP contribution in [0.4, 0.5) is 0 Å². The molecule has 94 valence electrons. The number of aryl methyl sites for hydroxylation is 1. The topological polar surface area (TPSA) is 0 Å². The number of hydrogen-bond donors (Lipinski definition) is 0. The normalized spacial score (nSPS) is 9.79. The van der Waals surface area contributed by atoms with Crippen molar-refractivity contribution in [3.8, 4) is 23.5 Å². The Kier molecular flexibility index (Phi) is 3.88. The van der Waals surface area contributed by atoms with E-state index >= 15 is 0 Å². The van der Waals surface area contributed by atoms with E-state index in [1.165, 1.54) is 22.3 Å². The van der Waals surface area contributed by atoms with Gasteiger partial charge >= 0.3 is 0 Å². The Bertz CT molecular complexity index is 662. The Balaban J connectivity index is 2.56. The number of allylic oxidation sites excluding steroid dienone is 2. The summed E-state index contributed by atoms with van der Waals surface area (Å²) in [7, 11) is 0. The van der Waals surface area contributed by atoms with Gasteiger partial charge in [0.1, 0.15) is 0 Å². The quantitative estimate of drug-likeness (QED) is 0.647. The van der Waals surface area contributed by atoms with Crippen LogP contribution >= 0.6 is 0 Å². The molecule has 0 heterocycles. The zero-order valence-electron chi connectivity index (χ0n) is 11.7. The summed E-state index contributed by atoms with van der Waals surface area (Å²) in [5, 5.41) is 0. The molecule has 0 N–H and O–H groups in total. The molecule has 2 aromatic rings. The molecule has 0 radical (unpaired) electrons. The highest BCUT2D eigenvalue weighted by Crippen LogP contribution is 2.27. The molecule has 0 bridgehead atoms. The summed E-state index contributed by atoms with van der Waals surface area (Å²) in [6, 6.07) is 16.8. The lowest BCUT2D eigenvalue weighted by atomic mass is 9.95. The third kappa shape index (κ3) is 2.77. The lowest BCUT2D eigenvalue weighted by molar-refractivity contribution is 1.40. The summed E-state index contributed by atoms with van der Waals surface area (Å²) in [5.41, 5.74) is 7.02. The van der Waals surface area contributed by atoms with Crippen LogP contribution < -0.4 is 0 Å². The van der Waals surface area contributed by atoms with Crippen LogP contribution in [0.5, 0.6) is 0 Å². The minimum Gasteiger partial charge on any atom is -0.115 e. The van der Waals surface area contributed by atoms with Gasteiger partial charge in [-0.15, -0.1) is 6.42 Å². The second kappa shape index (κ2) is 5.59. The van der Waals surface area contributed by atoms with Gasteiger partial charge in [0.05, 0.1) is 0 Å². The van der Waals surface area contributed by atoms with Gasteiger partial charge in [-0.05, 0) is 49.1 Å². The lowest BCUT2D eigenvalue weighted by Gasteiger charge is -2.09. The van der Waals surface area contributed by atoms with E-state index in [2.05, 4.69) is 75.2 Å². The summed E-state index contributed by atoms with van der Waals surface area (Å²) in [5.74, 6) is 2.79. The summed E-state index contributed by atoms with van der Waals surface area (Å²) in [6.07, 6.45) is 5.62. The van der Waals surface area contributed by atoms with Crippen LogP contribution in [0, 0.1) is 19.3 Å². The zero-order valence-corrected chi connectivity index (χ0v) is 11.7. The third-order valence-electron chi connectivity index (χ3n) is 3.25. The van der Waals surface area contributed by atoms with E-state index in [1.807, 2.05) is 0 Å². The van der Waals surface area contributed by atoms with E-state index in [1.54, 1.807) is 0 Å². The average Bonchev–Trinajstić information content (AvgIpc) is 2.40. The Hall–Kier alpha value is -2.26. The molecule has 0 saturated carbocycles. The van der Waals surface area contributed by atoms with Crippen molar-refractivity contribution in [2.24, 2.45) is 0 Å². The molecule has 0 fully saturated rings. The Morgan fingerprint density at radius 1 is 1.00 bits per heavy atom. The van der Waals surface area contributed by atoms with E-state index in [4.69, 9.17) is 6.42 Å². The fourth-order valence-electron chi connectivity index (χ4n) is 2.26. The molecule has 0 saturated heterocycles. The van der Waals surface area contributed by atoms with Crippen molar-refractivity contribution < 1.29 is 0 Å². The molecule has 0 aliphatic heterocycles. The van der Waals surface area contributed by atoms with Crippen LogP contribution in [0.15, 0.2) is 54.1 Å². The van der Waals surface area contributed by atoms with Gasteiger partial charge in [-0.3, -0.25) is 0 Å². The largest absolute Gasteiger partial charge is 0.115 e. The first-order valence-corrected chi connectivity index (χ1v) is 6.44. The van der Waals surface area contributed by atoms with Crippen LogP contribution in [0.25, 0.3) is 16.7 Å². The molecule has 19 heavy (non-hydrogen) atoms. The van der Waals surface area contributed by atoms with Crippen molar-refractivity contribution in [3.05, 3.63) is 65.2 Å². The maximum absolute atomic E-state index is 5.62. The van der Waals surface area contributed by atoms with Gasteiger partial charge in [-0.2, -0.15) is 0 Å². The molecule has 0 aliphatic carbocycles. The molecule has 0 nitrogen and oxygen atoms in total. The number of terminal acetylenes is 1. The first-order chi connectivity index (χ1) is 9.13. The molecule has 0 aromatic heterocycles. The van der Waals surface area contributed by atoms with Gasteiger partial charge in [0.15, 0.2) is 0 Å². The van der Waals surface area contributed by atoms with E-state index in [0.717, 1.165) is 11.1 Å². The Morgan fingerprint density at radius 3 is 2.37 bits per heavy atom. The maximum Gasteiger partial charge on any atom is 0.0301 e. The second-order valence-electron chi connectivity index (χ2n) is 4.92. The predicted molar refractivity (Wildman–Crippen MR) is 83.7 cm³/mol. The zero-order chi connectivity index (χ0) is 13.8. The van der Waals surface area contributed by atoms with Crippen LogP contribution in [-0.4, -0.2) is 0 Å². The van der Waals surface area contributed by atoms with Crippen LogP contribution in [-0.2, 0) is 0 Å². The van der Waals surface area contributed by atoms with Gasteiger partial charge < -0.3 is 0 Å². The molecule has 0 aliphatic rings. The van der Waals surface area contributed by atoms with Gasteiger partial charge in [-0.25, -0.2) is 0 Å². The van der Waals surface area contributed by atoms with E-state index < -0.39 is 0 Å². The minimum absolute atomic E-state index is 0.982. The van der Waals surface area contributed by atoms with Gasteiger partial charge in [0, 0.05) is 5.57 Å². The Morgan fingerprint density at radius 2 is 1.74 bits per heavy atom. The molecule has 2 rings (SSSR count). The Labute approximate surface area is 115 Å². The molecular weight excluding hydrogens is 228 g/mol. The number of hydrogen-bond acceptors (Lipinski definition) is 0. The fourth-order valence-corrected chi connectivity index (χ4v) is 2.26. The van der Waals surface area contributed by atoms with Gasteiger partial charge in [0.25, 0.3) is 0 Å². The van der Waals surface area contributed by atoms with Crippen LogP contribution in [0.3, 0.4) is 0 Å². The predicted octanol–water partition coefficient (Wildman–Crippen LogP) is 5.09. The summed E-state index contributed by atoms with van der Waals surface area (Å²) in [4.78, 5) is 0. The van der Waals surface area contributed by atoms with Crippen molar-refractivity contribution in [1.82, 2.24) is 0 Å². The van der Waals surface area contributed by atoms with Crippen LogP contribution in [0.1, 0.15) is 25.0 Å². The average molecular weight is 246 g/mol. The summed E-state index contributed by atoms with van der Waals surface area (Å²) in [6.45, 7) is 6.23. The fraction of sp³-hybridized carbons (Fsp3) is 0.158. The number of rotatable bonds is 2. The first-order valence-electron chi connectivity index (χ1n) is 6.44. The highest BCUT2D eigenvalue weighted by molar-refractivity contribution is 5.83. The van der Waals surface area contributed by atoms with Gasteiger partial charge in [-0.1, -0.05) is 54.0 Å². The summed E-state index contributed by atoms with van der Waals surface area (Å²) < 4.78 is 0. The molecule has 0 amide bonds. The highest BCUT2D eigenvalue weighted by Gasteiger charge is 2.05. The SMILES string of the molecule is C#CC(=C(C)C)c1cccc(-c2ccccc2C)c1. The second-order valence-corrected chi connectivity index (χ2v) is 4.92. The third-order valence-corrected chi connectivity index (χ3v) is 3.25. The first kappa shape index (κ1) is 13.2. The molecule has 0 unspecified atom stereocenters.